The SMILES string of the molecule is NC(=O)c1noc(C2CC2)c1C(=O)c1ccc(CS(=O)O)cc1Cl. The molecule has 1 aromatic carbocycles. The first-order valence-electron chi connectivity index (χ1n) is 7.08. The third-order valence-corrected chi connectivity index (χ3v) is 4.59. The fraction of sp³-hybridized carbons (Fsp3) is 0.267. The van der Waals surface area contributed by atoms with Crippen LogP contribution in [-0.4, -0.2) is 25.6 Å². The summed E-state index contributed by atoms with van der Waals surface area (Å²) in [5.74, 6) is -1.04. The number of hydrogen-bond acceptors (Lipinski definition) is 5. The highest BCUT2D eigenvalue weighted by atomic mass is 35.5. The Hall–Kier alpha value is -2.03. The molecule has 1 aliphatic carbocycles. The molecule has 3 N–H and O–H groups in total. The van der Waals surface area contributed by atoms with Gasteiger partial charge in [0.2, 0.25) is 5.78 Å². The van der Waals surface area contributed by atoms with E-state index in [-0.39, 0.29) is 33.5 Å². The van der Waals surface area contributed by atoms with Crippen LogP contribution in [0.15, 0.2) is 22.7 Å². The van der Waals surface area contributed by atoms with E-state index in [9.17, 15) is 13.8 Å². The van der Waals surface area contributed by atoms with Crippen LogP contribution in [0.3, 0.4) is 0 Å². The Balaban J connectivity index is 2.02. The van der Waals surface area contributed by atoms with Gasteiger partial charge in [0.25, 0.3) is 5.91 Å². The molecular weight excluding hydrogens is 356 g/mol. The van der Waals surface area contributed by atoms with E-state index in [1.165, 1.54) is 18.2 Å². The van der Waals surface area contributed by atoms with E-state index in [2.05, 4.69) is 5.16 Å². The van der Waals surface area contributed by atoms with Crippen LogP contribution in [0.5, 0.6) is 0 Å². The van der Waals surface area contributed by atoms with Gasteiger partial charge in [0, 0.05) is 11.5 Å². The van der Waals surface area contributed by atoms with E-state index >= 15 is 0 Å². The number of ketones is 1. The average molecular weight is 369 g/mol. The van der Waals surface area contributed by atoms with E-state index in [1.807, 2.05) is 0 Å². The van der Waals surface area contributed by atoms with Crippen molar-refractivity contribution in [3.63, 3.8) is 0 Å². The van der Waals surface area contributed by atoms with Gasteiger partial charge < -0.3 is 14.8 Å². The van der Waals surface area contributed by atoms with Gasteiger partial charge in [-0.2, -0.15) is 0 Å². The molecule has 3 rings (SSSR count). The van der Waals surface area contributed by atoms with Gasteiger partial charge in [-0.3, -0.25) is 9.59 Å². The number of rotatable bonds is 6. The predicted octanol–water partition coefficient (Wildman–Crippen LogP) is 2.26. The summed E-state index contributed by atoms with van der Waals surface area (Å²) in [6.07, 6.45) is 1.70. The number of carbonyl (C=O) groups is 2. The van der Waals surface area contributed by atoms with Crippen molar-refractivity contribution < 1.29 is 22.9 Å². The number of halogens is 1. The summed E-state index contributed by atoms with van der Waals surface area (Å²) >= 11 is 4.12. The van der Waals surface area contributed by atoms with Gasteiger partial charge in [-0.1, -0.05) is 22.8 Å². The molecular formula is C15H13ClN2O5S. The summed E-state index contributed by atoms with van der Waals surface area (Å²) in [5, 5.41) is 3.74. The zero-order valence-corrected chi connectivity index (χ0v) is 13.9. The monoisotopic (exact) mass is 368 g/mol. The lowest BCUT2D eigenvalue weighted by Crippen LogP contribution is -2.17. The summed E-state index contributed by atoms with van der Waals surface area (Å²) < 4.78 is 24.9. The zero-order valence-electron chi connectivity index (χ0n) is 12.3. The number of amides is 1. The van der Waals surface area contributed by atoms with Gasteiger partial charge in [0.1, 0.15) is 0 Å². The molecule has 1 aliphatic rings. The fourth-order valence-corrected chi connectivity index (χ4v) is 3.18. The molecule has 1 fully saturated rings. The average Bonchev–Trinajstić information content (AvgIpc) is 3.24. The van der Waals surface area contributed by atoms with Crippen molar-refractivity contribution in [2.75, 3.05) is 0 Å². The van der Waals surface area contributed by atoms with E-state index in [4.69, 9.17) is 26.4 Å². The van der Waals surface area contributed by atoms with Crippen molar-refractivity contribution in [2.45, 2.75) is 24.5 Å². The highest BCUT2D eigenvalue weighted by Crippen LogP contribution is 2.43. The number of nitrogens with zero attached hydrogens (tertiary/aromatic N) is 1. The first kappa shape index (κ1) is 16.8. The molecule has 7 nitrogen and oxygen atoms in total. The Bertz CT molecular complexity index is 860. The molecule has 2 aromatic rings. The van der Waals surface area contributed by atoms with Gasteiger partial charge >= 0.3 is 0 Å². The number of aromatic nitrogens is 1. The molecule has 126 valence electrons. The first-order chi connectivity index (χ1) is 11.4. The summed E-state index contributed by atoms with van der Waals surface area (Å²) in [6, 6.07) is 4.42. The first-order valence-corrected chi connectivity index (χ1v) is 8.73. The molecule has 0 bridgehead atoms. The molecule has 1 heterocycles. The Morgan fingerprint density at radius 3 is 2.67 bits per heavy atom. The van der Waals surface area contributed by atoms with Crippen LogP contribution in [0.4, 0.5) is 0 Å². The van der Waals surface area contributed by atoms with E-state index in [0.717, 1.165) is 12.8 Å². The topological polar surface area (TPSA) is 123 Å². The molecule has 24 heavy (non-hydrogen) atoms. The van der Waals surface area contributed by atoms with Gasteiger partial charge in [-0.15, -0.1) is 0 Å². The number of nitrogens with two attached hydrogens (primary N) is 1. The molecule has 1 atom stereocenters. The molecule has 1 unspecified atom stereocenters. The quantitative estimate of drug-likeness (QED) is 0.595. The van der Waals surface area contributed by atoms with Crippen molar-refractivity contribution in [2.24, 2.45) is 5.73 Å². The zero-order chi connectivity index (χ0) is 17.4. The molecule has 0 radical (unpaired) electrons. The minimum Gasteiger partial charge on any atom is -0.364 e. The van der Waals surface area contributed by atoms with Crippen LogP contribution in [0.1, 0.15) is 56.5 Å². The maximum atomic E-state index is 12.8. The van der Waals surface area contributed by atoms with Crippen molar-refractivity contribution >= 4 is 34.4 Å². The molecule has 1 saturated carbocycles. The van der Waals surface area contributed by atoms with E-state index < -0.39 is 22.8 Å². The second-order valence-electron chi connectivity index (χ2n) is 5.52. The summed E-state index contributed by atoms with van der Waals surface area (Å²) in [4.78, 5) is 24.4. The lowest BCUT2D eigenvalue weighted by Gasteiger charge is -2.06. The molecule has 0 aliphatic heterocycles. The van der Waals surface area contributed by atoms with Crippen LogP contribution < -0.4 is 5.73 Å². The Morgan fingerprint density at radius 1 is 1.42 bits per heavy atom. The number of hydrogen-bond donors (Lipinski definition) is 2. The summed E-state index contributed by atoms with van der Waals surface area (Å²) in [7, 11) is 0. The minimum atomic E-state index is -2.01. The molecule has 0 saturated heterocycles. The predicted molar refractivity (Wildman–Crippen MR) is 86.4 cm³/mol. The van der Waals surface area contributed by atoms with E-state index in [0.29, 0.717) is 11.3 Å². The Kier molecular flexibility index (Phi) is 4.53. The lowest BCUT2D eigenvalue weighted by atomic mass is 9.98. The smallest absolute Gasteiger partial charge is 0.271 e. The van der Waals surface area contributed by atoms with Crippen LogP contribution in [0.25, 0.3) is 0 Å². The number of carbonyl (C=O) groups excluding carboxylic acids is 2. The number of primary amides is 1. The standard InChI is InChI=1S/C15H13ClN2O5S/c16-10-5-7(6-24(21)22)1-4-9(10)13(19)11-12(15(17)20)18-23-14(11)8-2-3-8/h1,4-5,8H,2-3,6H2,(H2,17,20)(H,21,22). The molecule has 9 heteroatoms. The molecule has 1 amide bonds. The Labute approximate surface area is 144 Å². The van der Waals surface area contributed by atoms with Crippen LogP contribution in [0.2, 0.25) is 5.02 Å². The second kappa shape index (κ2) is 6.46. The maximum Gasteiger partial charge on any atom is 0.271 e. The highest BCUT2D eigenvalue weighted by molar-refractivity contribution is 7.78. The number of benzene rings is 1. The van der Waals surface area contributed by atoms with Gasteiger partial charge in [0.05, 0.1) is 16.3 Å². The Morgan fingerprint density at radius 2 is 2.12 bits per heavy atom. The van der Waals surface area contributed by atoms with Crippen molar-refractivity contribution in [3.05, 3.63) is 51.4 Å². The maximum absolute atomic E-state index is 12.8. The fourth-order valence-electron chi connectivity index (χ4n) is 2.42. The minimum absolute atomic E-state index is 0.0467. The third kappa shape index (κ3) is 3.26. The summed E-state index contributed by atoms with van der Waals surface area (Å²) in [5.41, 5.74) is 5.77. The van der Waals surface area contributed by atoms with Gasteiger partial charge in [-0.25, -0.2) is 4.21 Å². The summed E-state index contributed by atoms with van der Waals surface area (Å²) in [6.45, 7) is 0. The van der Waals surface area contributed by atoms with E-state index in [1.54, 1.807) is 0 Å². The lowest BCUT2D eigenvalue weighted by molar-refractivity contribution is 0.0975. The van der Waals surface area contributed by atoms with Crippen molar-refractivity contribution in [1.29, 1.82) is 0 Å². The van der Waals surface area contributed by atoms with Crippen LogP contribution in [-0.2, 0) is 16.8 Å². The normalized spacial score (nSPS) is 15.2. The highest BCUT2D eigenvalue weighted by Gasteiger charge is 2.37. The largest absolute Gasteiger partial charge is 0.364 e. The molecule has 1 aromatic heterocycles. The van der Waals surface area contributed by atoms with Crippen LogP contribution in [0, 0.1) is 0 Å². The van der Waals surface area contributed by atoms with Gasteiger partial charge in [-0.05, 0) is 30.5 Å². The van der Waals surface area contributed by atoms with Crippen molar-refractivity contribution in [1.82, 2.24) is 5.16 Å². The van der Waals surface area contributed by atoms with Crippen molar-refractivity contribution in [3.8, 4) is 0 Å². The molecule has 0 spiro atoms. The second-order valence-corrected chi connectivity index (χ2v) is 6.86. The van der Waals surface area contributed by atoms with Gasteiger partial charge in [0.15, 0.2) is 22.5 Å². The van der Waals surface area contributed by atoms with Crippen LogP contribution >= 0.6 is 11.6 Å². The third-order valence-electron chi connectivity index (χ3n) is 3.70.